The largest absolute Gasteiger partial charge is 0.313 e. The summed E-state index contributed by atoms with van der Waals surface area (Å²) in [6, 6.07) is 5.88. The summed E-state index contributed by atoms with van der Waals surface area (Å²) < 4.78 is 13.3. The third-order valence-electron chi connectivity index (χ3n) is 2.96. The normalized spacial score (nSPS) is 18.2. The fourth-order valence-electron chi connectivity index (χ4n) is 1.91. The lowest BCUT2D eigenvalue weighted by molar-refractivity contribution is 0.522. The van der Waals surface area contributed by atoms with E-state index in [1.807, 2.05) is 19.2 Å². The van der Waals surface area contributed by atoms with E-state index in [-0.39, 0.29) is 5.82 Å². The predicted molar refractivity (Wildman–Crippen MR) is 55.7 cm³/mol. The van der Waals surface area contributed by atoms with E-state index in [1.165, 1.54) is 12.8 Å². The van der Waals surface area contributed by atoms with Crippen molar-refractivity contribution in [1.82, 2.24) is 5.32 Å². The molecule has 0 saturated heterocycles. The van der Waals surface area contributed by atoms with E-state index in [0.717, 1.165) is 11.1 Å². The second-order valence-corrected chi connectivity index (χ2v) is 4.11. The van der Waals surface area contributed by atoms with E-state index >= 15 is 0 Å². The molecule has 1 aromatic rings. The molecule has 2 heteroatoms. The lowest BCUT2D eigenvalue weighted by atomic mass is 10.0. The van der Waals surface area contributed by atoms with Crippen LogP contribution >= 0.6 is 0 Å². The zero-order valence-electron chi connectivity index (χ0n) is 8.68. The summed E-state index contributed by atoms with van der Waals surface area (Å²) in [6.45, 7) is 1.80. The SMILES string of the molecule is CNC(c1ccc(C)c(F)c1)C1CC1. The van der Waals surface area contributed by atoms with E-state index in [0.29, 0.717) is 12.0 Å². The zero-order valence-corrected chi connectivity index (χ0v) is 8.68. The van der Waals surface area contributed by atoms with Crippen molar-refractivity contribution in [3.63, 3.8) is 0 Å². The maximum atomic E-state index is 13.3. The summed E-state index contributed by atoms with van der Waals surface area (Å²) >= 11 is 0. The Hall–Kier alpha value is -0.890. The lowest BCUT2D eigenvalue weighted by Gasteiger charge is -2.16. The van der Waals surface area contributed by atoms with Crippen LogP contribution in [0.5, 0.6) is 0 Å². The number of hydrogen-bond donors (Lipinski definition) is 1. The Kier molecular flexibility index (Phi) is 2.55. The molecule has 0 amide bonds. The number of halogens is 1. The quantitative estimate of drug-likeness (QED) is 0.778. The predicted octanol–water partition coefficient (Wildman–Crippen LogP) is 2.80. The van der Waals surface area contributed by atoms with Crippen LogP contribution in [0.2, 0.25) is 0 Å². The molecule has 1 nitrogen and oxygen atoms in total. The fourth-order valence-corrected chi connectivity index (χ4v) is 1.91. The van der Waals surface area contributed by atoms with Gasteiger partial charge in [-0.3, -0.25) is 0 Å². The topological polar surface area (TPSA) is 12.0 Å². The summed E-state index contributed by atoms with van der Waals surface area (Å²) in [5.41, 5.74) is 1.80. The van der Waals surface area contributed by atoms with Crippen LogP contribution in [0.3, 0.4) is 0 Å². The second kappa shape index (κ2) is 3.70. The number of aryl methyl sites for hydroxylation is 1. The molecule has 1 aliphatic rings. The van der Waals surface area contributed by atoms with Crippen molar-refractivity contribution in [2.45, 2.75) is 25.8 Å². The van der Waals surface area contributed by atoms with Crippen molar-refractivity contribution in [3.8, 4) is 0 Å². The highest BCUT2D eigenvalue weighted by molar-refractivity contribution is 5.27. The van der Waals surface area contributed by atoms with Crippen LogP contribution in [0.1, 0.15) is 30.0 Å². The molecule has 1 unspecified atom stereocenters. The maximum absolute atomic E-state index is 13.3. The Balaban J connectivity index is 2.25. The molecular weight excluding hydrogens is 177 g/mol. The van der Waals surface area contributed by atoms with Gasteiger partial charge in [-0.15, -0.1) is 0 Å². The van der Waals surface area contributed by atoms with Gasteiger partial charge in [0.1, 0.15) is 5.82 Å². The van der Waals surface area contributed by atoms with Crippen LogP contribution in [0.15, 0.2) is 18.2 Å². The van der Waals surface area contributed by atoms with Gasteiger partial charge in [-0.25, -0.2) is 4.39 Å². The summed E-state index contributed by atoms with van der Waals surface area (Å²) in [4.78, 5) is 0. The van der Waals surface area contributed by atoms with Crippen LogP contribution in [0.25, 0.3) is 0 Å². The molecule has 0 aliphatic heterocycles. The molecule has 1 N–H and O–H groups in total. The monoisotopic (exact) mass is 193 g/mol. The van der Waals surface area contributed by atoms with Gasteiger partial charge in [0.2, 0.25) is 0 Å². The Morgan fingerprint density at radius 2 is 2.14 bits per heavy atom. The van der Waals surface area contributed by atoms with Gasteiger partial charge in [0, 0.05) is 6.04 Å². The molecular formula is C12H16FN. The molecule has 0 spiro atoms. The molecule has 2 rings (SSSR count). The average molecular weight is 193 g/mol. The van der Waals surface area contributed by atoms with Gasteiger partial charge in [0.05, 0.1) is 0 Å². The molecule has 0 aromatic heterocycles. The van der Waals surface area contributed by atoms with Crippen LogP contribution in [0, 0.1) is 18.7 Å². The highest BCUT2D eigenvalue weighted by Crippen LogP contribution is 2.40. The Bertz CT molecular complexity index is 331. The van der Waals surface area contributed by atoms with E-state index in [4.69, 9.17) is 0 Å². The minimum Gasteiger partial charge on any atom is -0.313 e. The van der Waals surface area contributed by atoms with Crippen LogP contribution in [-0.4, -0.2) is 7.05 Å². The Morgan fingerprint density at radius 3 is 2.64 bits per heavy atom. The molecule has 1 fully saturated rings. The van der Waals surface area contributed by atoms with E-state index < -0.39 is 0 Å². The van der Waals surface area contributed by atoms with Gasteiger partial charge in [-0.1, -0.05) is 12.1 Å². The van der Waals surface area contributed by atoms with Gasteiger partial charge in [-0.2, -0.15) is 0 Å². The van der Waals surface area contributed by atoms with Crippen LogP contribution in [0.4, 0.5) is 4.39 Å². The Morgan fingerprint density at radius 1 is 1.43 bits per heavy atom. The van der Waals surface area contributed by atoms with E-state index in [9.17, 15) is 4.39 Å². The smallest absolute Gasteiger partial charge is 0.126 e. The van der Waals surface area contributed by atoms with Crippen molar-refractivity contribution in [2.24, 2.45) is 5.92 Å². The third-order valence-corrected chi connectivity index (χ3v) is 2.96. The molecule has 14 heavy (non-hydrogen) atoms. The first-order valence-electron chi connectivity index (χ1n) is 5.15. The van der Waals surface area contributed by atoms with Crippen molar-refractivity contribution in [1.29, 1.82) is 0 Å². The average Bonchev–Trinajstić information content (AvgIpc) is 2.96. The molecule has 1 atom stereocenters. The second-order valence-electron chi connectivity index (χ2n) is 4.11. The number of rotatable bonds is 3. The first-order chi connectivity index (χ1) is 6.72. The first-order valence-corrected chi connectivity index (χ1v) is 5.15. The van der Waals surface area contributed by atoms with Crippen LogP contribution in [-0.2, 0) is 0 Å². The lowest BCUT2D eigenvalue weighted by Crippen LogP contribution is -2.18. The van der Waals surface area contributed by atoms with Crippen molar-refractivity contribution < 1.29 is 4.39 Å². The number of benzene rings is 1. The molecule has 0 bridgehead atoms. The summed E-state index contributed by atoms with van der Waals surface area (Å²) in [5, 5.41) is 3.26. The van der Waals surface area contributed by atoms with Crippen LogP contribution < -0.4 is 5.32 Å². The van der Waals surface area contributed by atoms with E-state index in [1.54, 1.807) is 13.0 Å². The van der Waals surface area contributed by atoms with Gasteiger partial charge in [0.25, 0.3) is 0 Å². The van der Waals surface area contributed by atoms with Gasteiger partial charge in [0.15, 0.2) is 0 Å². The molecule has 0 heterocycles. The molecule has 1 aliphatic carbocycles. The summed E-state index contributed by atoms with van der Waals surface area (Å²) in [7, 11) is 1.95. The zero-order chi connectivity index (χ0) is 10.1. The number of nitrogens with one attached hydrogen (secondary N) is 1. The summed E-state index contributed by atoms with van der Waals surface area (Å²) in [5.74, 6) is 0.616. The van der Waals surface area contributed by atoms with Crippen molar-refractivity contribution in [3.05, 3.63) is 35.1 Å². The fraction of sp³-hybridized carbons (Fsp3) is 0.500. The van der Waals surface area contributed by atoms with E-state index in [2.05, 4.69) is 5.32 Å². The molecule has 76 valence electrons. The summed E-state index contributed by atoms with van der Waals surface area (Å²) in [6.07, 6.45) is 2.53. The Labute approximate surface area is 84.3 Å². The third kappa shape index (κ3) is 1.80. The minimum absolute atomic E-state index is 0.0941. The molecule has 0 radical (unpaired) electrons. The van der Waals surface area contributed by atoms with Gasteiger partial charge in [-0.05, 0) is 49.9 Å². The number of hydrogen-bond acceptors (Lipinski definition) is 1. The highest BCUT2D eigenvalue weighted by atomic mass is 19.1. The first kappa shape index (κ1) is 9.66. The molecule has 1 aromatic carbocycles. The van der Waals surface area contributed by atoms with Crippen molar-refractivity contribution >= 4 is 0 Å². The maximum Gasteiger partial charge on any atom is 0.126 e. The standard InChI is InChI=1S/C12H16FN/c1-8-3-4-10(7-11(8)13)12(14-2)9-5-6-9/h3-4,7,9,12,14H,5-6H2,1-2H3. The highest BCUT2D eigenvalue weighted by Gasteiger charge is 2.31. The van der Waals surface area contributed by atoms with Gasteiger partial charge < -0.3 is 5.32 Å². The van der Waals surface area contributed by atoms with Gasteiger partial charge >= 0.3 is 0 Å². The van der Waals surface area contributed by atoms with Crippen molar-refractivity contribution in [2.75, 3.05) is 7.05 Å². The molecule has 1 saturated carbocycles. The minimum atomic E-state index is -0.0941.